The lowest BCUT2D eigenvalue weighted by molar-refractivity contribution is -0.113. The number of carbonyl (C=O) groups excluding carboxylic acids is 1. The van der Waals surface area contributed by atoms with Crippen LogP contribution in [0.15, 0.2) is 59.9 Å². The maximum atomic E-state index is 13.6. The largest absolute Gasteiger partial charge is 0.323 e. The van der Waals surface area contributed by atoms with Crippen LogP contribution in [0.4, 0.5) is 14.5 Å². The first-order valence-corrected chi connectivity index (χ1v) is 9.54. The quantitative estimate of drug-likeness (QED) is 0.386. The summed E-state index contributed by atoms with van der Waals surface area (Å²) in [5, 5.41) is 11.2. The van der Waals surface area contributed by atoms with Crippen LogP contribution in [0.2, 0.25) is 0 Å². The van der Waals surface area contributed by atoms with E-state index in [-0.39, 0.29) is 23.2 Å². The zero-order valence-electron chi connectivity index (χ0n) is 14.9. The van der Waals surface area contributed by atoms with Crippen LogP contribution in [0.1, 0.15) is 5.56 Å². The molecule has 0 unspecified atom stereocenters. The number of rotatable bonds is 6. The molecule has 0 spiro atoms. The van der Waals surface area contributed by atoms with Crippen LogP contribution in [0.5, 0.6) is 0 Å². The van der Waals surface area contributed by atoms with E-state index in [0.717, 1.165) is 17.3 Å². The fourth-order valence-electron chi connectivity index (χ4n) is 2.63. The number of nitrogens with one attached hydrogen (secondary N) is 1. The molecule has 0 aliphatic carbocycles. The van der Waals surface area contributed by atoms with Crippen molar-refractivity contribution < 1.29 is 13.6 Å². The Morgan fingerprint density at radius 1 is 1.07 bits per heavy atom. The Kier molecular flexibility index (Phi) is 5.43. The van der Waals surface area contributed by atoms with Crippen LogP contribution in [-0.2, 0) is 11.3 Å². The van der Waals surface area contributed by atoms with Gasteiger partial charge >= 0.3 is 0 Å². The molecule has 0 fully saturated rings. The number of anilines is 1. The monoisotopic (exact) mass is 412 g/mol. The zero-order chi connectivity index (χ0) is 20.2. The molecule has 7 nitrogen and oxygen atoms in total. The Hall–Kier alpha value is -3.40. The SMILES string of the molecule is O=C(CSc1ncnc2c1nnn2Cc1ccc(F)cc1)Nc1ccccc1F. The summed E-state index contributed by atoms with van der Waals surface area (Å²) in [7, 11) is 0. The maximum absolute atomic E-state index is 13.6. The number of amides is 1. The van der Waals surface area contributed by atoms with Crippen LogP contribution in [-0.4, -0.2) is 36.6 Å². The van der Waals surface area contributed by atoms with Gasteiger partial charge in [0.1, 0.15) is 23.0 Å². The summed E-state index contributed by atoms with van der Waals surface area (Å²) in [5.74, 6) is -1.16. The highest BCUT2D eigenvalue weighted by molar-refractivity contribution is 8.00. The number of hydrogen-bond donors (Lipinski definition) is 1. The Morgan fingerprint density at radius 3 is 2.66 bits per heavy atom. The van der Waals surface area contributed by atoms with E-state index in [2.05, 4.69) is 25.6 Å². The first-order chi connectivity index (χ1) is 14.1. The lowest BCUT2D eigenvalue weighted by Gasteiger charge is -2.06. The summed E-state index contributed by atoms with van der Waals surface area (Å²) in [6.45, 7) is 0.367. The number of para-hydroxylation sites is 1. The fourth-order valence-corrected chi connectivity index (χ4v) is 3.36. The zero-order valence-corrected chi connectivity index (χ0v) is 15.7. The normalized spacial score (nSPS) is 11.0. The number of carbonyl (C=O) groups is 1. The average Bonchev–Trinajstić information content (AvgIpc) is 3.13. The molecule has 10 heteroatoms. The average molecular weight is 412 g/mol. The van der Waals surface area contributed by atoms with Crippen molar-refractivity contribution in [1.82, 2.24) is 25.0 Å². The second-order valence-electron chi connectivity index (χ2n) is 6.04. The van der Waals surface area contributed by atoms with Gasteiger partial charge in [-0.25, -0.2) is 23.4 Å². The molecule has 0 saturated carbocycles. The van der Waals surface area contributed by atoms with E-state index in [1.807, 2.05) is 0 Å². The van der Waals surface area contributed by atoms with Crippen molar-refractivity contribution in [1.29, 1.82) is 0 Å². The van der Waals surface area contributed by atoms with E-state index in [0.29, 0.717) is 22.7 Å². The molecule has 0 saturated heterocycles. The lowest BCUT2D eigenvalue weighted by Crippen LogP contribution is -2.15. The van der Waals surface area contributed by atoms with E-state index < -0.39 is 5.82 Å². The van der Waals surface area contributed by atoms with E-state index in [1.165, 1.54) is 30.6 Å². The minimum Gasteiger partial charge on any atom is -0.323 e. The molecule has 1 amide bonds. The predicted molar refractivity (Wildman–Crippen MR) is 104 cm³/mol. The van der Waals surface area contributed by atoms with E-state index >= 15 is 0 Å². The van der Waals surface area contributed by atoms with Crippen molar-refractivity contribution in [3.8, 4) is 0 Å². The number of thioether (sulfide) groups is 1. The molecule has 0 aliphatic rings. The van der Waals surface area contributed by atoms with Crippen molar-refractivity contribution in [3.63, 3.8) is 0 Å². The minimum atomic E-state index is -0.501. The number of halogens is 2. The van der Waals surface area contributed by atoms with Crippen LogP contribution in [0.3, 0.4) is 0 Å². The van der Waals surface area contributed by atoms with Crippen molar-refractivity contribution in [3.05, 3.63) is 72.1 Å². The molecule has 0 bridgehead atoms. The molecule has 0 atom stereocenters. The van der Waals surface area contributed by atoms with Gasteiger partial charge in [0.05, 0.1) is 18.0 Å². The summed E-state index contributed by atoms with van der Waals surface area (Å²) in [6, 6.07) is 12.0. The summed E-state index contributed by atoms with van der Waals surface area (Å²) < 4.78 is 28.3. The van der Waals surface area contributed by atoms with E-state index in [9.17, 15) is 13.6 Å². The van der Waals surface area contributed by atoms with Crippen LogP contribution in [0.25, 0.3) is 11.2 Å². The van der Waals surface area contributed by atoms with Gasteiger partial charge in [-0.1, -0.05) is 41.2 Å². The molecular weight excluding hydrogens is 398 g/mol. The van der Waals surface area contributed by atoms with Crippen molar-refractivity contribution >= 4 is 34.5 Å². The maximum Gasteiger partial charge on any atom is 0.234 e. The summed E-state index contributed by atoms with van der Waals surface area (Å²) in [6.07, 6.45) is 1.37. The third-order valence-electron chi connectivity index (χ3n) is 4.00. The van der Waals surface area contributed by atoms with E-state index in [4.69, 9.17) is 0 Å². The Labute approximate surface area is 168 Å². The molecule has 29 heavy (non-hydrogen) atoms. The number of nitrogens with zero attached hydrogens (tertiary/aromatic N) is 5. The second kappa shape index (κ2) is 8.31. The van der Waals surface area contributed by atoms with Crippen LogP contribution in [0, 0.1) is 11.6 Å². The first-order valence-electron chi connectivity index (χ1n) is 8.56. The van der Waals surface area contributed by atoms with Gasteiger partial charge in [-0.3, -0.25) is 4.79 Å². The van der Waals surface area contributed by atoms with Crippen molar-refractivity contribution in [2.24, 2.45) is 0 Å². The number of benzene rings is 2. The summed E-state index contributed by atoms with van der Waals surface area (Å²) >= 11 is 1.15. The van der Waals surface area contributed by atoms with Crippen molar-refractivity contribution in [2.75, 3.05) is 11.1 Å². The summed E-state index contributed by atoms with van der Waals surface area (Å²) in [4.78, 5) is 20.5. The first kappa shape index (κ1) is 18.9. The van der Waals surface area contributed by atoms with Gasteiger partial charge in [-0.2, -0.15) is 0 Å². The Bertz CT molecular complexity index is 1170. The van der Waals surface area contributed by atoms with Crippen LogP contribution >= 0.6 is 11.8 Å². The predicted octanol–water partition coefficient (Wildman–Crippen LogP) is 3.28. The molecule has 2 aromatic carbocycles. The van der Waals surface area contributed by atoms with Gasteiger partial charge in [0.15, 0.2) is 11.2 Å². The molecule has 0 aliphatic heterocycles. The van der Waals surface area contributed by atoms with Crippen molar-refractivity contribution in [2.45, 2.75) is 11.6 Å². The highest BCUT2D eigenvalue weighted by atomic mass is 32.2. The van der Waals surface area contributed by atoms with Gasteiger partial charge < -0.3 is 5.32 Å². The molecule has 2 heterocycles. The summed E-state index contributed by atoms with van der Waals surface area (Å²) in [5.41, 5.74) is 1.92. The number of fused-ring (bicyclic) bond motifs is 1. The highest BCUT2D eigenvalue weighted by Crippen LogP contribution is 2.23. The van der Waals surface area contributed by atoms with Gasteiger partial charge in [0, 0.05) is 0 Å². The number of hydrogen-bond acceptors (Lipinski definition) is 6. The standard InChI is InChI=1S/C19H14F2N6OS/c20-13-7-5-12(6-8-13)9-27-18-17(25-26-27)19(23-11-22-18)29-10-16(28)24-15-4-2-1-3-14(15)21/h1-8,11H,9-10H2,(H,24,28). The third kappa shape index (κ3) is 4.37. The topological polar surface area (TPSA) is 85.6 Å². The molecular formula is C19H14F2N6OS. The lowest BCUT2D eigenvalue weighted by atomic mass is 10.2. The minimum absolute atomic E-state index is 0.0191. The Balaban J connectivity index is 1.47. The van der Waals surface area contributed by atoms with Gasteiger partial charge in [0.2, 0.25) is 5.91 Å². The van der Waals surface area contributed by atoms with Crippen LogP contribution < -0.4 is 5.32 Å². The molecule has 4 rings (SSSR count). The van der Waals surface area contributed by atoms with Gasteiger partial charge in [0.25, 0.3) is 0 Å². The Morgan fingerprint density at radius 2 is 1.86 bits per heavy atom. The van der Waals surface area contributed by atoms with E-state index in [1.54, 1.807) is 28.9 Å². The number of aromatic nitrogens is 5. The fraction of sp³-hybridized carbons (Fsp3) is 0.105. The van der Waals surface area contributed by atoms with Gasteiger partial charge in [-0.05, 0) is 29.8 Å². The molecule has 146 valence electrons. The van der Waals surface area contributed by atoms with Gasteiger partial charge in [-0.15, -0.1) is 5.10 Å². The molecule has 1 N–H and O–H groups in total. The molecule has 4 aromatic rings. The third-order valence-corrected chi connectivity index (χ3v) is 4.98. The highest BCUT2D eigenvalue weighted by Gasteiger charge is 2.14. The molecule has 0 radical (unpaired) electrons. The molecule has 2 aromatic heterocycles. The second-order valence-corrected chi connectivity index (χ2v) is 7.01. The smallest absolute Gasteiger partial charge is 0.234 e.